The lowest BCUT2D eigenvalue weighted by Crippen LogP contribution is -2.54. The van der Waals surface area contributed by atoms with Gasteiger partial charge in [-0.05, 0) is 43.1 Å². The summed E-state index contributed by atoms with van der Waals surface area (Å²) in [6, 6.07) is 1.33. The number of nitrogens with one attached hydrogen (secondary N) is 1. The molecule has 2 aromatic heterocycles. The molecule has 1 aliphatic rings. The predicted octanol–water partition coefficient (Wildman–Crippen LogP) is 3.31. The number of rotatable bonds is 2. The molecule has 0 radical (unpaired) electrons. The third-order valence-corrected chi connectivity index (χ3v) is 5.39. The van der Waals surface area contributed by atoms with Crippen LogP contribution in [0.25, 0.3) is 11.0 Å². The van der Waals surface area contributed by atoms with Gasteiger partial charge in [0, 0.05) is 43.5 Å². The van der Waals surface area contributed by atoms with E-state index >= 15 is 0 Å². The Labute approximate surface area is 155 Å². The van der Waals surface area contributed by atoms with E-state index in [1.165, 1.54) is 6.07 Å². The molecule has 1 saturated heterocycles. The van der Waals surface area contributed by atoms with Gasteiger partial charge in [0.05, 0.1) is 5.52 Å². The van der Waals surface area contributed by atoms with Gasteiger partial charge >= 0.3 is 0 Å². The number of nitrogens with zero attached hydrogens (tertiary/aromatic N) is 3. The van der Waals surface area contributed by atoms with Crippen LogP contribution in [0.15, 0.2) is 15.5 Å². The number of pyridine rings is 2. The number of aromatic nitrogens is 2. The van der Waals surface area contributed by atoms with Crippen LogP contribution in [0.5, 0.6) is 0 Å². The van der Waals surface area contributed by atoms with E-state index in [9.17, 15) is 9.18 Å². The molecule has 2 aromatic rings. The molecule has 0 atom stereocenters. The maximum absolute atomic E-state index is 13.8. The number of halogens is 2. The molecule has 5 nitrogen and oxygen atoms in total. The second-order valence-corrected chi connectivity index (χ2v) is 8.19. The molecule has 25 heavy (non-hydrogen) atoms. The third kappa shape index (κ3) is 3.44. The molecule has 0 amide bonds. The van der Waals surface area contributed by atoms with E-state index < -0.39 is 5.82 Å². The van der Waals surface area contributed by atoms with Crippen molar-refractivity contribution in [2.45, 2.75) is 39.7 Å². The molecule has 0 aliphatic carbocycles. The Balaban J connectivity index is 2.03. The van der Waals surface area contributed by atoms with Crippen molar-refractivity contribution in [1.29, 1.82) is 0 Å². The van der Waals surface area contributed by atoms with E-state index in [4.69, 9.17) is 0 Å². The Hall–Kier alpha value is -1.47. The monoisotopic (exact) mass is 410 g/mol. The minimum absolute atomic E-state index is 0.0678. The fourth-order valence-corrected chi connectivity index (χ4v) is 3.69. The molecule has 7 heteroatoms. The number of hydrogen-bond donors (Lipinski definition) is 1. The van der Waals surface area contributed by atoms with Crippen molar-refractivity contribution in [3.05, 3.63) is 32.4 Å². The number of anilines is 1. The quantitative estimate of drug-likeness (QED) is 0.771. The van der Waals surface area contributed by atoms with E-state index in [2.05, 4.69) is 56.5 Å². The third-order valence-electron chi connectivity index (χ3n) is 4.83. The summed E-state index contributed by atoms with van der Waals surface area (Å²) in [5.41, 5.74) is 2.23. The van der Waals surface area contributed by atoms with Crippen LogP contribution in [0.3, 0.4) is 0 Å². The van der Waals surface area contributed by atoms with Gasteiger partial charge in [-0.25, -0.2) is 9.37 Å². The molecule has 3 rings (SSSR count). The minimum Gasteiger partial charge on any atom is -0.364 e. The summed E-state index contributed by atoms with van der Waals surface area (Å²) in [5, 5.41) is 0. The summed E-state index contributed by atoms with van der Waals surface area (Å²) in [6.07, 6.45) is 0.678. The van der Waals surface area contributed by atoms with Crippen LogP contribution in [0.4, 0.5) is 10.1 Å². The number of piperazine rings is 1. The zero-order chi connectivity index (χ0) is 18.4. The van der Waals surface area contributed by atoms with Gasteiger partial charge in [-0.2, -0.15) is 0 Å². The van der Waals surface area contributed by atoms with Crippen molar-refractivity contribution < 1.29 is 4.39 Å². The second-order valence-electron chi connectivity index (χ2n) is 7.44. The minimum atomic E-state index is -0.475. The average molecular weight is 411 g/mol. The van der Waals surface area contributed by atoms with Crippen LogP contribution < -0.4 is 10.3 Å². The molecule has 1 aliphatic heterocycles. The summed E-state index contributed by atoms with van der Waals surface area (Å²) < 4.78 is 13.8. The standard InChI is InChI=1S/C18H24BrFN4O/c1-5-12-15(23-6-8-24(9-7-23)18(2,3)4)16(25)14-13(21-12)10-11(20)17(19)22-14/h10H,5-9H2,1-4H3,(H,21,25). The summed E-state index contributed by atoms with van der Waals surface area (Å²) in [7, 11) is 0. The van der Waals surface area contributed by atoms with E-state index in [1.807, 2.05) is 6.92 Å². The second kappa shape index (κ2) is 6.68. The van der Waals surface area contributed by atoms with Crippen LogP contribution >= 0.6 is 15.9 Å². The molecule has 0 aromatic carbocycles. The molecular formula is C18H24BrFN4O. The SMILES string of the molecule is CCc1[nH]c2cc(F)c(Br)nc2c(=O)c1N1CCN(C(C)(C)C)CC1. The average Bonchev–Trinajstić information content (AvgIpc) is 2.56. The number of hydrogen-bond acceptors (Lipinski definition) is 4. The van der Waals surface area contributed by atoms with Crippen molar-refractivity contribution in [3.63, 3.8) is 0 Å². The maximum Gasteiger partial charge on any atom is 0.231 e. The van der Waals surface area contributed by atoms with Gasteiger partial charge < -0.3 is 9.88 Å². The van der Waals surface area contributed by atoms with E-state index in [0.717, 1.165) is 31.9 Å². The Bertz CT molecular complexity index is 851. The largest absolute Gasteiger partial charge is 0.364 e. The molecule has 0 bridgehead atoms. The summed E-state index contributed by atoms with van der Waals surface area (Å²) in [5.74, 6) is -0.475. The molecule has 136 valence electrons. The zero-order valence-corrected chi connectivity index (χ0v) is 16.7. The summed E-state index contributed by atoms with van der Waals surface area (Å²) >= 11 is 3.08. The lowest BCUT2D eigenvalue weighted by Gasteiger charge is -2.43. The number of aromatic amines is 1. The van der Waals surface area contributed by atoms with Crippen LogP contribution in [0.2, 0.25) is 0 Å². The van der Waals surface area contributed by atoms with E-state index in [0.29, 0.717) is 17.6 Å². The first-order valence-corrected chi connectivity index (χ1v) is 9.42. The first kappa shape index (κ1) is 18.3. The van der Waals surface area contributed by atoms with Gasteiger partial charge in [0.2, 0.25) is 5.43 Å². The molecular weight excluding hydrogens is 387 g/mol. The van der Waals surface area contributed by atoms with Crippen LogP contribution in [0.1, 0.15) is 33.4 Å². The number of aryl methyl sites for hydroxylation is 1. The highest BCUT2D eigenvalue weighted by atomic mass is 79.9. The van der Waals surface area contributed by atoms with Crippen molar-refractivity contribution in [2.24, 2.45) is 0 Å². The fourth-order valence-electron chi connectivity index (χ4n) is 3.40. The first-order valence-electron chi connectivity index (χ1n) is 8.63. The lowest BCUT2D eigenvalue weighted by atomic mass is 10.0. The van der Waals surface area contributed by atoms with Crippen molar-refractivity contribution >= 4 is 32.7 Å². The molecule has 0 unspecified atom stereocenters. The Morgan fingerprint density at radius 3 is 2.48 bits per heavy atom. The highest BCUT2D eigenvalue weighted by molar-refractivity contribution is 9.10. The van der Waals surface area contributed by atoms with Crippen LogP contribution in [-0.2, 0) is 6.42 Å². The van der Waals surface area contributed by atoms with Crippen molar-refractivity contribution in [2.75, 3.05) is 31.1 Å². The molecule has 3 heterocycles. The Kier molecular flexibility index (Phi) is 4.90. The highest BCUT2D eigenvalue weighted by Gasteiger charge is 2.28. The van der Waals surface area contributed by atoms with E-state index in [-0.39, 0.29) is 21.1 Å². The molecule has 0 spiro atoms. The molecule has 0 saturated carbocycles. The zero-order valence-electron chi connectivity index (χ0n) is 15.1. The van der Waals surface area contributed by atoms with Crippen LogP contribution in [-0.4, -0.2) is 46.6 Å². The lowest BCUT2D eigenvalue weighted by molar-refractivity contribution is 0.128. The topological polar surface area (TPSA) is 52.2 Å². The maximum atomic E-state index is 13.8. The van der Waals surface area contributed by atoms with Crippen molar-refractivity contribution in [1.82, 2.24) is 14.9 Å². The molecule has 1 fully saturated rings. The summed E-state index contributed by atoms with van der Waals surface area (Å²) in [4.78, 5) is 25.0. The van der Waals surface area contributed by atoms with Gasteiger partial charge in [0.15, 0.2) is 5.82 Å². The summed E-state index contributed by atoms with van der Waals surface area (Å²) in [6.45, 7) is 12.0. The van der Waals surface area contributed by atoms with Gasteiger partial charge in [-0.1, -0.05) is 6.92 Å². The molecule has 1 N–H and O–H groups in total. The van der Waals surface area contributed by atoms with Gasteiger partial charge in [0.1, 0.15) is 15.8 Å². The van der Waals surface area contributed by atoms with Gasteiger partial charge in [0.25, 0.3) is 0 Å². The highest BCUT2D eigenvalue weighted by Crippen LogP contribution is 2.24. The van der Waals surface area contributed by atoms with Gasteiger partial charge in [-0.3, -0.25) is 9.69 Å². The Morgan fingerprint density at radius 2 is 1.92 bits per heavy atom. The van der Waals surface area contributed by atoms with E-state index in [1.54, 1.807) is 0 Å². The fraction of sp³-hybridized carbons (Fsp3) is 0.556. The number of H-pyrrole nitrogens is 1. The van der Waals surface area contributed by atoms with Gasteiger partial charge in [-0.15, -0.1) is 0 Å². The predicted molar refractivity (Wildman–Crippen MR) is 103 cm³/mol. The number of fused-ring (bicyclic) bond motifs is 1. The normalized spacial score (nSPS) is 16.6. The van der Waals surface area contributed by atoms with Crippen molar-refractivity contribution in [3.8, 4) is 0 Å². The first-order chi connectivity index (χ1) is 11.7. The smallest absolute Gasteiger partial charge is 0.231 e. The van der Waals surface area contributed by atoms with Crippen LogP contribution in [0, 0.1) is 5.82 Å². The Morgan fingerprint density at radius 1 is 1.28 bits per heavy atom.